The summed E-state index contributed by atoms with van der Waals surface area (Å²) < 4.78 is 79.2. The van der Waals surface area contributed by atoms with Crippen molar-refractivity contribution < 1.29 is 26.3 Å². The van der Waals surface area contributed by atoms with Crippen LogP contribution in [0.3, 0.4) is 0 Å². The van der Waals surface area contributed by atoms with Crippen LogP contribution in [-0.2, 0) is 12.4 Å². The Balaban J connectivity index is 0.00000364. The van der Waals surface area contributed by atoms with Crippen molar-refractivity contribution >= 4 is 12.4 Å². The van der Waals surface area contributed by atoms with Gasteiger partial charge < -0.3 is 5.32 Å². The highest BCUT2D eigenvalue weighted by atomic mass is 35.5. The molecule has 0 aliphatic carbocycles. The molecule has 156 valence electrons. The topological polar surface area (TPSA) is 15.3 Å². The smallest absolute Gasteiger partial charge is 0.314 e. The monoisotopic (exact) mass is 418 g/mol. The van der Waals surface area contributed by atoms with Gasteiger partial charge in [0.2, 0.25) is 0 Å². The molecular formula is C18H25ClF6N2. The number of piperazine rings is 1. The second-order valence-electron chi connectivity index (χ2n) is 6.84. The molecule has 2 rings (SSSR count). The highest BCUT2D eigenvalue weighted by molar-refractivity contribution is 5.85. The number of hydrogen-bond acceptors (Lipinski definition) is 2. The predicted molar refractivity (Wildman–Crippen MR) is 94.9 cm³/mol. The van der Waals surface area contributed by atoms with Gasteiger partial charge in [0.05, 0.1) is 11.1 Å². The Morgan fingerprint density at radius 1 is 0.963 bits per heavy atom. The summed E-state index contributed by atoms with van der Waals surface area (Å²) in [5, 5.41) is 3.16. The van der Waals surface area contributed by atoms with E-state index in [1.807, 2.05) is 18.7 Å². The number of nitrogens with one attached hydrogen (secondary N) is 1. The zero-order chi connectivity index (χ0) is 19.5. The molecule has 1 aliphatic heterocycles. The number of alkyl halides is 6. The van der Waals surface area contributed by atoms with Crippen LogP contribution in [0, 0.1) is 5.92 Å². The van der Waals surface area contributed by atoms with Crippen LogP contribution in [-0.4, -0.2) is 31.1 Å². The normalized spacial score (nSPS) is 18.7. The molecule has 27 heavy (non-hydrogen) atoms. The van der Waals surface area contributed by atoms with Crippen LogP contribution in [0.25, 0.3) is 0 Å². The van der Waals surface area contributed by atoms with Crippen molar-refractivity contribution in [2.75, 3.05) is 26.2 Å². The molecule has 0 spiro atoms. The van der Waals surface area contributed by atoms with Crippen LogP contribution in [0.1, 0.15) is 49.4 Å². The number of halogens is 7. The molecule has 0 saturated carbocycles. The predicted octanol–water partition coefficient (Wildman–Crippen LogP) is 5.53. The summed E-state index contributed by atoms with van der Waals surface area (Å²) in [7, 11) is 0. The lowest BCUT2D eigenvalue weighted by atomic mass is 9.87. The summed E-state index contributed by atoms with van der Waals surface area (Å²) in [6.45, 7) is 6.37. The van der Waals surface area contributed by atoms with E-state index in [2.05, 4.69) is 5.32 Å². The van der Waals surface area contributed by atoms with Crippen molar-refractivity contribution in [2.45, 2.75) is 45.1 Å². The molecule has 1 aromatic rings. The van der Waals surface area contributed by atoms with Crippen LogP contribution < -0.4 is 5.32 Å². The first kappa shape index (κ1) is 24.0. The summed E-state index contributed by atoms with van der Waals surface area (Å²) >= 11 is 0. The Bertz CT molecular complexity index is 564. The molecule has 0 amide bonds. The van der Waals surface area contributed by atoms with Gasteiger partial charge in [-0.15, -0.1) is 12.4 Å². The van der Waals surface area contributed by atoms with Crippen molar-refractivity contribution in [3.8, 4) is 0 Å². The number of rotatable bonds is 5. The number of nitrogens with zero attached hydrogens (tertiary/aromatic N) is 1. The Hall–Kier alpha value is -0.990. The summed E-state index contributed by atoms with van der Waals surface area (Å²) in [5.74, 6) is -0.0531. The SMILES string of the molecule is CCCC(C)[C@@H](c1cc(C(F)(F)F)cc(C(F)(F)F)c1)N1CCNCC1.Cl. The maximum absolute atomic E-state index is 13.2. The molecule has 9 heteroatoms. The second kappa shape index (κ2) is 9.47. The van der Waals surface area contributed by atoms with Gasteiger partial charge in [-0.2, -0.15) is 26.3 Å². The van der Waals surface area contributed by atoms with Gasteiger partial charge in [-0.25, -0.2) is 0 Å². The molecule has 1 aromatic carbocycles. The van der Waals surface area contributed by atoms with Crippen molar-refractivity contribution in [1.29, 1.82) is 0 Å². The molecule has 0 aromatic heterocycles. The lowest BCUT2D eigenvalue weighted by Gasteiger charge is -2.39. The van der Waals surface area contributed by atoms with E-state index in [1.165, 1.54) is 0 Å². The zero-order valence-corrected chi connectivity index (χ0v) is 16.1. The molecule has 0 bridgehead atoms. The Morgan fingerprint density at radius 2 is 1.44 bits per heavy atom. The van der Waals surface area contributed by atoms with Crippen molar-refractivity contribution in [1.82, 2.24) is 10.2 Å². The summed E-state index contributed by atoms with van der Waals surface area (Å²) in [6, 6.07) is 1.49. The molecule has 1 fully saturated rings. The average molecular weight is 419 g/mol. The van der Waals surface area contributed by atoms with E-state index in [0.29, 0.717) is 26.2 Å². The van der Waals surface area contributed by atoms with E-state index in [-0.39, 0.29) is 30.0 Å². The van der Waals surface area contributed by atoms with Gasteiger partial charge in [0.1, 0.15) is 0 Å². The Labute approximate surface area is 161 Å². The minimum absolute atomic E-state index is 0. The van der Waals surface area contributed by atoms with Crippen molar-refractivity contribution in [3.05, 3.63) is 34.9 Å². The first-order valence-corrected chi connectivity index (χ1v) is 8.78. The third-order valence-electron chi connectivity index (χ3n) is 4.78. The van der Waals surface area contributed by atoms with Gasteiger partial charge in [0.25, 0.3) is 0 Å². The molecule has 0 radical (unpaired) electrons. The van der Waals surface area contributed by atoms with Crippen LogP contribution >= 0.6 is 12.4 Å². The highest BCUT2D eigenvalue weighted by Crippen LogP contribution is 2.40. The molecule has 1 aliphatic rings. The second-order valence-corrected chi connectivity index (χ2v) is 6.84. The molecular weight excluding hydrogens is 394 g/mol. The van der Waals surface area contributed by atoms with Gasteiger partial charge in [-0.3, -0.25) is 4.90 Å². The minimum Gasteiger partial charge on any atom is -0.314 e. The van der Waals surface area contributed by atoms with E-state index >= 15 is 0 Å². The fourth-order valence-electron chi connectivity index (χ4n) is 3.62. The zero-order valence-electron chi connectivity index (χ0n) is 15.3. The third-order valence-corrected chi connectivity index (χ3v) is 4.78. The highest BCUT2D eigenvalue weighted by Gasteiger charge is 2.38. The largest absolute Gasteiger partial charge is 0.416 e. The van der Waals surface area contributed by atoms with Gasteiger partial charge in [0, 0.05) is 32.2 Å². The molecule has 1 unspecified atom stereocenters. The van der Waals surface area contributed by atoms with Crippen LogP contribution in [0.4, 0.5) is 26.3 Å². The maximum atomic E-state index is 13.2. The number of hydrogen-bond donors (Lipinski definition) is 1. The van der Waals surface area contributed by atoms with Crippen molar-refractivity contribution in [2.24, 2.45) is 5.92 Å². The molecule has 1 heterocycles. The first-order valence-electron chi connectivity index (χ1n) is 8.78. The van der Waals surface area contributed by atoms with Gasteiger partial charge in [-0.05, 0) is 36.1 Å². The third kappa shape index (κ3) is 6.26. The van der Waals surface area contributed by atoms with Gasteiger partial charge >= 0.3 is 12.4 Å². The van der Waals surface area contributed by atoms with Crippen molar-refractivity contribution in [3.63, 3.8) is 0 Å². The fraction of sp³-hybridized carbons (Fsp3) is 0.667. The van der Waals surface area contributed by atoms with E-state index in [1.54, 1.807) is 0 Å². The number of benzene rings is 1. The lowest BCUT2D eigenvalue weighted by Crippen LogP contribution is -2.46. The average Bonchev–Trinajstić information content (AvgIpc) is 2.54. The maximum Gasteiger partial charge on any atom is 0.416 e. The van der Waals surface area contributed by atoms with Crippen LogP contribution in [0.5, 0.6) is 0 Å². The molecule has 2 nitrogen and oxygen atoms in total. The minimum atomic E-state index is -4.82. The Kier molecular flexibility index (Phi) is 8.44. The Morgan fingerprint density at radius 3 is 1.85 bits per heavy atom. The fourth-order valence-corrected chi connectivity index (χ4v) is 3.62. The van der Waals surface area contributed by atoms with E-state index in [0.717, 1.165) is 25.0 Å². The summed E-state index contributed by atoms with van der Waals surface area (Å²) in [5.41, 5.74) is -2.40. The van der Waals surface area contributed by atoms with Gasteiger partial charge in [0.15, 0.2) is 0 Å². The van der Waals surface area contributed by atoms with E-state index in [4.69, 9.17) is 0 Å². The summed E-state index contributed by atoms with van der Waals surface area (Å²) in [6.07, 6.45) is -8.10. The first-order chi connectivity index (χ1) is 12.0. The van der Waals surface area contributed by atoms with Gasteiger partial charge in [-0.1, -0.05) is 20.3 Å². The van der Waals surface area contributed by atoms with Crippen LogP contribution in [0.15, 0.2) is 18.2 Å². The van der Waals surface area contributed by atoms with E-state index < -0.39 is 29.5 Å². The van der Waals surface area contributed by atoms with E-state index in [9.17, 15) is 26.3 Å². The molecule has 2 atom stereocenters. The quantitative estimate of drug-likeness (QED) is 0.632. The standard InChI is InChI=1S/C18H24F6N2.ClH/c1-3-4-12(2)16(26-7-5-25-6-8-26)13-9-14(17(19,20)21)11-15(10-13)18(22,23)24;/h9-12,16,25H,3-8H2,1-2H3;1H/t12?,16-;/m0./s1. The molecule has 1 N–H and O–H groups in total. The molecule has 1 saturated heterocycles. The lowest BCUT2D eigenvalue weighted by molar-refractivity contribution is -0.143. The van der Waals surface area contributed by atoms with Crippen LogP contribution in [0.2, 0.25) is 0 Å². The summed E-state index contributed by atoms with van der Waals surface area (Å²) in [4.78, 5) is 1.99.